The summed E-state index contributed by atoms with van der Waals surface area (Å²) in [6.45, 7) is 0. The Morgan fingerprint density at radius 2 is 2.09 bits per heavy atom. The Morgan fingerprint density at radius 3 is 2.70 bits per heavy atom. The summed E-state index contributed by atoms with van der Waals surface area (Å²) in [6.07, 6.45) is 5.57. The Balaban J connectivity index is 0.00000192. The number of nitrogens with two attached hydrogens (primary N) is 1. The Labute approximate surface area is 143 Å². The van der Waals surface area contributed by atoms with Gasteiger partial charge in [0.2, 0.25) is 0 Å². The van der Waals surface area contributed by atoms with Crippen LogP contribution in [0.4, 0.5) is 5.69 Å². The monoisotopic (exact) mass is 356 g/mol. The molecule has 0 saturated heterocycles. The van der Waals surface area contributed by atoms with Crippen LogP contribution in [-0.4, -0.2) is 21.3 Å². The van der Waals surface area contributed by atoms with Crippen LogP contribution in [0.25, 0.3) is 11.5 Å². The summed E-state index contributed by atoms with van der Waals surface area (Å²) in [4.78, 5) is 16.0. The third-order valence-corrected chi connectivity index (χ3v) is 4.72. The minimum absolute atomic E-state index is 0. The molecule has 0 radical (unpaired) electrons. The number of benzene rings is 1. The molecule has 1 aromatic carbocycles. The van der Waals surface area contributed by atoms with Crippen molar-refractivity contribution in [2.75, 3.05) is 6.26 Å². The van der Waals surface area contributed by atoms with Crippen molar-refractivity contribution in [1.29, 1.82) is 0 Å². The van der Waals surface area contributed by atoms with E-state index in [1.807, 2.05) is 6.26 Å². The summed E-state index contributed by atoms with van der Waals surface area (Å²) in [6, 6.07) is 4.85. The maximum atomic E-state index is 11.2. The highest BCUT2D eigenvalue weighted by atomic mass is 35.5. The van der Waals surface area contributed by atoms with E-state index < -0.39 is 10.5 Å². The Hall–Kier alpha value is -1.64. The third kappa shape index (κ3) is 3.34. The smallest absolute Gasteiger partial charge is 0.282 e. The topological polar surface area (TPSA) is 108 Å². The summed E-state index contributed by atoms with van der Waals surface area (Å²) in [5, 5.41) is 15.2. The van der Waals surface area contributed by atoms with Gasteiger partial charge in [0.25, 0.3) is 11.6 Å². The molecule has 23 heavy (non-hydrogen) atoms. The van der Waals surface area contributed by atoms with E-state index >= 15 is 0 Å². The second kappa shape index (κ2) is 6.86. The van der Waals surface area contributed by atoms with E-state index in [0.717, 1.165) is 30.6 Å². The van der Waals surface area contributed by atoms with Gasteiger partial charge in [0.05, 0.1) is 10.5 Å². The maximum absolute atomic E-state index is 11.2. The molecule has 0 aliphatic heterocycles. The van der Waals surface area contributed by atoms with Gasteiger partial charge in [0.15, 0.2) is 5.82 Å². The van der Waals surface area contributed by atoms with Crippen molar-refractivity contribution < 1.29 is 9.45 Å². The molecule has 2 aromatic rings. The highest BCUT2D eigenvalue weighted by molar-refractivity contribution is 7.98. The number of rotatable bonds is 4. The highest BCUT2D eigenvalue weighted by Gasteiger charge is 2.36. The normalized spacial score (nSPS) is 16.1. The molecule has 1 saturated carbocycles. The Kier molecular flexibility index (Phi) is 5.28. The molecule has 3 rings (SSSR count). The largest absolute Gasteiger partial charge is 0.334 e. The number of hydrogen-bond acceptors (Lipinski definition) is 7. The predicted molar refractivity (Wildman–Crippen MR) is 89.8 cm³/mol. The van der Waals surface area contributed by atoms with Crippen LogP contribution < -0.4 is 5.73 Å². The van der Waals surface area contributed by atoms with Crippen molar-refractivity contribution in [3.63, 3.8) is 0 Å². The van der Waals surface area contributed by atoms with Crippen molar-refractivity contribution in [3.8, 4) is 11.5 Å². The van der Waals surface area contributed by atoms with Crippen molar-refractivity contribution in [3.05, 3.63) is 34.1 Å². The molecule has 1 aromatic heterocycles. The first-order valence-corrected chi connectivity index (χ1v) is 8.22. The number of nitrogens with zero attached hydrogens (tertiary/aromatic N) is 3. The Morgan fingerprint density at radius 1 is 1.39 bits per heavy atom. The number of thioether (sulfide) groups is 1. The quantitative estimate of drug-likeness (QED) is 0.507. The summed E-state index contributed by atoms with van der Waals surface area (Å²) >= 11 is 1.49. The summed E-state index contributed by atoms with van der Waals surface area (Å²) in [7, 11) is 0. The summed E-state index contributed by atoms with van der Waals surface area (Å²) < 4.78 is 5.26. The van der Waals surface area contributed by atoms with Gasteiger partial charge in [-0.3, -0.25) is 10.1 Å². The number of nitro groups is 1. The van der Waals surface area contributed by atoms with E-state index in [-0.39, 0.29) is 24.0 Å². The first-order valence-electron chi connectivity index (χ1n) is 6.99. The van der Waals surface area contributed by atoms with Crippen LogP contribution in [0.2, 0.25) is 0 Å². The number of halogens is 1. The second-order valence-electron chi connectivity index (χ2n) is 5.43. The lowest BCUT2D eigenvalue weighted by atomic mass is 9.98. The van der Waals surface area contributed by atoms with Crippen molar-refractivity contribution in [1.82, 2.24) is 10.1 Å². The van der Waals surface area contributed by atoms with Gasteiger partial charge in [-0.1, -0.05) is 18.0 Å². The maximum Gasteiger partial charge on any atom is 0.282 e. The minimum atomic E-state index is -0.576. The van der Waals surface area contributed by atoms with Crippen LogP contribution in [0.5, 0.6) is 0 Å². The van der Waals surface area contributed by atoms with Crippen LogP contribution in [0.15, 0.2) is 27.6 Å². The fourth-order valence-corrected chi connectivity index (χ4v) is 3.18. The van der Waals surface area contributed by atoms with Gasteiger partial charge >= 0.3 is 0 Å². The van der Waals surface area contributed by atoms with Crippen molar-refractivity contribution in [2.45, 2.75) is 36.1 Å². The molecule has 1 aliphatic carbocycles. The molecule has 7 nitrogen and oxygen atoms in total. The number of aromatic nitrogens is 2. The van der Waals surface area contributed by atoms with Crippen molar-refractivity contribution >= 4 is 29.9 Å². The van der Waals surface area contributed by atoms with E-state index in [0.29, 0.717) is 11.4 Å². The van der Waals surface area contributed by atoms with Crippen LogP contribution in [0.1, 0.15) is 31.5 Å². The van der Waals surface area contributed by atoms with Gasteiger partial charge in [0, 0.05) is 11.0 Å². The molecule has 2 N–H and O–H groups in total. The molecule has 124 valence electrons. The zero-order valence-corrected chi connectivity index (χ0v) is 14.2. The molecule has 0 spiro atoms. The fraction of sp³-hybridized carbons (Fsp3) is 0.429. The lowest BCUT2D eigenvalue weighted by Crippen LogP contribution is -2.34. The highest BCUT2D eigenvalue weighted by Crippen LogP contribution is 2.37. The SMILES string of the molecule is CSc1ccc([N+](=O)[O-])c(-c2nc(C3(N)CCCC3)no2)c1.Cl. The van der Waals surface area contributed by atoms with Gasteiger partial charge < -0.3 is 10.3 Å². The first kappa shape index (κ1) is 17.7. The van der Waals surface area contributed by atoms with E-state index in [2.05, 4.69) is 10.1 Å². The molecular weight excluding hydrogens is 340 g/mol. The van der Waals surface area contributed by atoms with E-state index in [4.69, 9.17) is 10.3 Å². The minimum Gasteiger partial charge on any atom is -0.334 e. The number of nitro benzene ring substituents is 1. The molecule has 0 atom stereocenters. The van der Waals surface area contributed by atoms with Crippen LogP contribution in [0, 0.1) is 10.1 Å². The molecule has 1 fully saturated rings. The van der Waals surface area contributed by atoms with Crippen LogP contribution in [0.3, 0.4) is 0 Å². The molecule has 0 unspecified atom stereocenters. The molecule has 0 bridgehead atoms. The molecule has 1 aliphatic rings. The summed E-state index contributed by atoms with van der Waals surface area (Å²) in [5.41, 5.74) is 6.01. The van der Waals surface area contributed by atoms with Gasteiger partial charge in [-0.25, -0.2) is 0 Å². The fourth-order valence-electron chi connectivity index (χ4n) is 2.74. The zero-order valence-electron chi connectivity index (χ0n) is 12.5. The average molecular weight is 357 g/mol. The average Bonchev–Trinajstić information content (AvgIpc) is 3.16. The standard InChI is InChI=1S/C14H16N4O3S.ClH/c1-22-9-4-5-11(18(19)20)10(8-9)12-16-13(17-21-12)14(15)6-2-3-7-14;/h4-5,8H,2-3,6-7,15H2,1H3;1H. The van der Waals surface area contributed by atoms with Crippen LogP contribution in [-0.2, 0) is 5.54 Å². The van der Waals surface area contributed by atoms with Gasteiger partial charge in [-0.15, -0.1) is 24.2 Å². The molecular formula is C14H17ClN4O3S. The second-order valence-corrected chi connectivity index (χ2v) is 6.31. The predicted octanol–water partition coefficient (Wildman–Crippen LogP) is 3.52. The number of hydrogen-bond donors (Lipinski definition) is 1. The molecule has 9 heteroatoms. The van der Waals surface area contributed by atoms with Crippen LogP contribution >= 0.6 is 24.2 Å². The third-order valence-electron chi connectivity index (χ3n) is 4.00. The molecule has 1 heterocycles. The Bertz CT molecular complexity index is 716. The van der Waals surface area contributed by atoms with Gasteiger partial charge in [-0.05, 0) is 31.2 Å². The zero-order chi connectivity index (χ0) is 15.7. The summed E-state index contributed by atoms with van der Waals surface area (Å²) in [5.74, 6) is 0.582. The van der Waals surface area contributed by atoms with E-state index in [9.17, 15) is 10.1 Å². The lowest BCUT2D eigenvalue weighted by Gasteiger charge is -2.17. The van der Waals surface area contributed by atoms with Gasteiger partial charge in [-0.2, -0.15) is 4.98 Å². The van der Waals surface area contributed by atoms with Gasteiger partial charge in [0.1, 0.15) is 5.56 Å². The van der Waals surface area contributed by atoms with Crippen molar-refractivity contribution in [2.24, 2.45) is 5.73 Å². The first-order chi connectivity index (χ1) is 10.5. The molecule has 0 amide bonds. The van der Waals surface area contributed by atoms with E-state index in [1.165, 1.54) is 17.8 Å². The lowest BCUT2D eigenvalue weighted by molar-refractivity contribution is -0.384. The van der Waals surface area contributed by atoms with E-state index in [1.54, 1.807) is 12.1 Å².